The van der Waals surface area contributed by atoms with E-state index in [2.05, 4.69) is 4.90 Å². The summed E-state index contributed by atoms with van der Waals surface area (Å²) in [6.45, 7) is 2.79. The van der Waals surface area contributed by atoms with Gasteiger partial charge >= 0.3 is 0 Å². The van der Waals surface area contributed by atoms with E-state index in [0.29, 0.717) is 41.7 Å². The van der Waals surface area contributed by atoms with Crippen LogP contribution in [0.3, 0.4) is 0 Å². The average Bonchev–Trinajstić information content (AvgIpc) is 3.42. The Morgan fingerprint density at radius 3 is 2.87 bits per heavy atom. The highest BCUT2D eigenvalue weighted by Gasteiger charge is 2.34. The van der Waals surface area contributed by atoms with Gasteiger partial charge in [0.05, 0.1) is 31.5 Å². The number of methoxy groups -OCH3 is 2. The van der Waals surface area contributed by atoms with E-state index in [0.717, 1.165) is 37.3 Å². The normalized spacial score (nSPS) is 21.4. The van der Waals surface area contributed by atoms with Crippen molar-refractivity contribution in [2.45, 2.75) is 25.5 Å². The monoisotopic (exact) mass is 423 g/mol. The Labute approximate surface area is 181 Å². The van der Waals surface area contributed by atoms with Crippen LogP contribution in [0.1, 0.15) is 34.3 Å². The Hall–Kier alpha value is -3.03. The van der Waals surface area contributed by atoms with Gasteiger partial charge in [0.1, 0.15) is 29.7 Å². The Balaban J connectivity index is 1.43. The molecule has 1 fully saturated rings. The molecule has 0 spiro atoms. The minimum Gasteiger partial charge on any atom is -0.497 e. The molecular formula is C24H25NO6. The molecular weight excluding hydrogens is 398 g/mol. The van der Waals surface area contributed by atoms with Crippen LogP contribution in [0, 0.1) is 0 Å². The van der Waals surface area contributed by atoms with Crippen LogP contribution < -0.4 is 18.9 Å². The number of rotatable bonds is 5. The van der Waals surface area contributed by atoms with E-state index in [9.17, 15) is 4.79 Å². The Kier molecular flexibility index (Phi) is 5.29. The zero-order chi connectivity index (χ0) is 21.4. The van der Waals surface area contributed by atoms with E-state index in [4.69, 9.17) is 23.7 Å². The lowest BCUT2D eigenvalue weighted by atomic mass is 10.0. The van der Waals surface area contributed by atoms with Gasteiger partial charge in [-0.25, -0.2) is 0 Å². The van der Waals surface area contributed by atoms with Gasteiger partial charge in [-0.3, -0.25) is 9.69 Å². The minimum atomic E-state index is -0.154. The molecule has 0 saturated carbocycles. The van der Waals surface area contributed by atoms with Gasteiger partial charge in [0.2, 0.25) is 5.78 Å². The van der Waals surface area contributed by atoms with Gasteiger partial charge in [0.25, 0.3) is 0 Å². The van der Waals surface area contributed by atoms with E-state index >= 15 is 0 Å². The Morgan fingerprint density at radius 2 is 2.10 bits per heavy atom. The number of Topliss-reactive ketones (excluding diaryl/α,β-unsaturated/α-hetero) is 1. The Morgan fingerprint density at radius 1 is 1.19 bits per heavy atom. The lowest BCUT2D eigenvalue weighted by Crippen LogP contribution is -2.37. The highest BCUT2D eigenvalue weighted by atomic mass is 16.5. The number of allylic oxidation sites excluding steroid dienone is 1. The fourth-order valence-corrected chi connectivity index (χ4v) is 4.29. The first kappa shape index (κ1) is 19.9. The summed E-state index contributed by atoms with van der Waals surface area (Å²) in [6.07, 6.45) is 4.11. The second-order valence-corrected chi connectivity index (χ2v) is 7.89. The van der Waals surface area contributed by atoms with Crippen LogP contribution in [0.15, 0.2) is 36.1 Å². The van der Waals surface area contributed by atoms with E-state index in [1.165, 1.54) is 0 Å². The maximum atomic E-state index is 13.1. The molecule has 0 N–H and O–H groups in total. The summed E-state index contributed by atoms with van der Waals surface area (Å²) in [5.74, 6) is 2.74. The third-order valence-corrected chi connectivity index (χ3v) is 5.89. The van der Waals surface area contributed by atoms with Crippen molar-refractivity contribution in [2.24, 2.45) is 0 Å². The van der Waals surface area contributed by atoms with Gasteiger partial charge < -0.3 is 23.7 Å². The zero-order valence-corrected chi connectivity index (χ0v) is 17.7. The van der Waals surface area contributed by atoms with Crippen molar-refractivity contribution >= 4 is 11.9 Å². The molecule has 0 unspecified atom stereocenters. The summed E-state index contributed by atoms with van der Waals surface area (Å²) in [7, 11) is 3.19. The molecule has 7 nitrogen and oxygen atoms in total. The van der Waals surface area contributed by atoms with Crippen molar-refractivity contribution in [3.05, 3.63) is 52.8 Å². The molecule has 0 bridgehead atoms. The van der Waals surface area contributed by atoms with E-state index in [1.54, 1.807) is 32.4 Å². The predicted molar refractivity (Wildman–Crippen MR) is 114 cm³/mol. The van der Waals surface area contributed by atoms with Crippen molar-refractivity contribution in [1.82, 2.24) is 4.90 Å². The topological polar surface area (TPSA) is 66.5 Å². The van der Waals surface area contributed by atoms with Gasteiger partial charge in [-0.15, -0.1) is 0 Å². The molecule has 162 valence electrons. The van der Waals surface area contributed by atoms with Gasteiger partial charge in [-0.1, -0.05) is 0 Å². The molecule has 2 aromatic carbocycles. The van der Waals surface area contributed by atoms with Crippen molar-refractivity contribution < 1.29 is 28.5 Å². The van der Waals surface area contributed by atoms with Crippen LogP contribution in [0.25, 0.3) is 6.08 Å². The minimum absolute atomic E-state index is 0.154. The number of nitrogens with zero attached hydrogens (tertiary/aromatic N) is 1. The molecule has 0 aromatic heterocycles. The van der Waals surface area contributed by atoms with Gasteiger partial charge in [0, 0.05) is 25.3 Å². The van der Waals surface area contributed by atoms with Crippen LogP contribution >= 0.6 is 0 Å². The molecule has 2 aromatic rings. The maximum absolute atomic E-state index is 13.1. The largest absolute Gasteiger partial charge is 0.497 e. The number of carbonyl (C=O) groups is 1. The summed E-state index contributed by atoms with van der Waals surface area (Å²) in [5, 5.41) is 0. The van der Waals surface area contributed by atoms with Gasteiger partial charge in [0.15, 0.2) is 5.76 Å². The van der Waals surface area contributed by atoms with E-state index in [1.807, 2.05) is 18.2 Å². The lowest BCUT2D eigenvalue weighted by Gasteiger charge is -2.31. The van der Waals surface area contributed by atoms with Gasteiger partial charge in [-0.05, 0) is 49.2 Å². The fourth-order valence-electron chi connectivity index (χ4n) is 4.29. The smallest absolute Gasteiger partial charge is 0.231 e. The molecule has 31 heavy (non-hydrogen) atoms. The molecule has 0 aliphatic carbocycles. The second-order valence-electron chi connectivity index (χ2n) is 7.89. The number of hydrogen-bond acceptors (Lipinski definition) is 7. The van der Waals surface area contributed by atoms with Crippen LogP contribution in [0.4, 0.5) is 0 Å². The standard InChI is InChI=1S/C24H25NO6/c1-27-16-5-7-20(28-2)15(10-16)11-22-23(26)18-6-8-21-19(24(18)31-22)13-25(14-30-21)12-17-4-3-9-29-17/h5-8,10-11,17H,3-4,9,12-14H2,1-2H3/b22-11-/t17-/m0/s1. The number of ether oxygens (including phenoxy) is 5. The van der Waals surface area contributed by atoms with Crippen LogP contribution in [0.5, 0.6) is 23.0 Å². The van der Waals surface area contributed by atoms with E-state index < -0.39 is 0 Å². The predicted octanol–water partition coefficient (Wildman–Crippen LogP) is 3.65. The van der Waals surface area contributed by atoms with Crippen LogP contribution in [-0.4, -0.2) is 50.9 Å². The first-order chi connectivity index (χ1) is 15.2. The van der Waals surface area contributed by atoms with Crippen molar-refractivity contribution in [1.29, 1.82) is 0 Å². The summed E-state index contributed by atoms with van der Waals surface area (Å²) in [4.78, 5) is 15.3. The van der Waals surface area contributed by atoms with Crippen molar-refractivity contribution in [3.8, 4) is 23.0 Å². The van der Waals surface area contributed by atoms with E-state index in [-0.39, 0.29) is 17.6 Å². The number of ketones is 1. The number of fused-ring (bicyclic) bond motifs is 3. The van der Waals surface area contributed by atoms with Crippen molar-refractivity contribution in [3.63, 3.8) is 0 Å². The number of carbonyl (C=O) groups excluding carboxylic acids is 1. The van der Waals surface area contributed by atoms with Gasteiger partial charge in [-0.2, -0.15) is 0 Å². The summed E-state index contributed by atoms with van der Waals surface area (Å²) < 4.78 is 28.5. The van der Waals surface area contributed by atoms with Crippen LogP contribution in [-0.2, 0) is 11.3 Å². The number of benzene rings is 2. The number of hydrogen-bond donors (Lipinski definition) is 0. The quantitative estimate of drug-likeness (QED) is 0.680. The molecule has 3 heterocycles. The first-order valence-electron chi connectivity index (χ1n) is 10.4. The molecule has 5 rings (SSSR count). The third-order valence-electron chi connectivity index (χ3n) is 5.89. The fraction of sp³-hybridized carbons (Fsp3) is 0.375. The van der Waals surface area contributed by atoms with Crippen molar-refractivity contribution in [2.75, 3.05) is 34.1 Å². The zero-order valence-electron chi connectivity index (χ0n) is 17.7. The third kappa shape index (κ3) is 3.75. The highest BCUT2D eigenvalue weighted by Crippen LogP contribution is 2.42. The SMILES string of the molecule is COc1ccc(OC)c(/C=C2\Oc3c(ccc4c3CN(C[C@@H]3CCCO3)CO4)C2=O)c1. The second kappa shape index (κ2) is 8.24. The first-order valence-corrected chi connectivity index (χ1v) is 10.4. The molecule has 3 aliphatic heterocycles. The highest BCUT2D eigenvalue weighted by molar-refractivity contribution is 6.15. The molecule has 1 saturated heterocycles. The lowest BCUT2D eigenvalue weighted by molar-refractivity contribution is 0.0274. The molecule has 0 radical (unpaired) electrons. The molecule has 0 amide bonds. The molecule has 1 atom stereocenters. The molecule has 3 aliphatic rings. The Bertz CT molecular complexity index is 1040. The average molecular weight is 423 g/mol. The molecule has 7 heteroatoms. The summed E-state index contributed by atoms with van der Waals surface area (Å²) >= 11 is 0. The van der Waals surface area contributed by atoms with Crippen LogP contribution in [0.2, 0.25) is 0 Å². The summed E-state index contributed by atoms with van der Waals surface area (Å²) in [6, 6.07) is 9.05. The maximum Gasteiger partial charge on any atom is 0.231 e. The summed E-state index contributed by atoms with van der Waals surface area (Å²) in [5.41, 5.74) is 2.16.